The summed E-state index contributed by atoms with van der Waals surface area (Å²) < 4.78 is 5.10. The highest BCUT2D eigenvalue weighted by atomic mass is 16.5. The zero-order chi connectivity index (χ0) is 11.7. The maximum absolute atomic E-state index is 11.2. The van der Waals surface area contributed by atoms with Gasteiger partial charge in [-0.1, -0.05) is 18.2 Å². The zero-order valence-corrected chi connectivity index (χ0v) is 9.02. The van der Waals surface area contributed by atoms with Gasteiger partial charge in [-0.3, -0.25) is 0 Å². The van der Waals surface area contributed by atoms with Crippen molar-refractivity contribution in [3.63, 3.8) is 0 Å². The van der Waals surface area contributed by atoms with E-state index in [-0.39, 0.29) is 5.56 Å². The summed E-state index contributed by atoms with van der Waals surface area (Å²) in [4.78, 5) is 15.5. The second-order valence-electron chi connectivity index (χ2n) is 3.43. The molecule has 0 atom stereocenters. The first-order valence-corrected chi connectivity index (χ1v) is 4.81. The number of hydrogen-bond acceptors (Lipinski definition) is 3. The summed E-state index contributed by atoms with van der Waals surface area (Å²) in [5.41, 5.74) is 1.42. The van der Waals surface area contributed by atoms with Crippen LogP contribution < -0.4 is 4.74 Å². The standard InChI is InChI=1S/C12H11NO3/c1-7-11(16-2)10(12(14)15)8-5-3-4-6-9(8)13-7/h3-6H,1-2H3,(H,14,15). The molecule has 2 aromatic rings. The maximum atomic E-state index is 11.2. The number of carboxylic acids is 1. The van der Waals surface area contributed by atoms with E-state index in [1.165, 1.54) is 7.11 Å². The molecule has 1 N–H and O–H groups in total. The number of fused-ring (bicyclic) bond motifs is 1. The highest BCUT2D eigenvalue weighted by Gasteiger charge is 2.18. The number of pyridine rings is 1. The Kier molecular flexibility index (Phi) is 2.48. The van der Waals surface area contributed by atoms with E-state index in [0.717, 1.165) is 0 Å². The maximum Gasteiger partial charge on any atom is 0.340 e. The molecule has 0 spiro atoms. The van der Waals surface area contributed by atoms with Gasteiger partial charge in [-0.05, 0) is 13.0 Å². The van der Waals surface area contributed by atoms with Gasteiger partial charge in [-0.15, -0.1) is 0 Å². The van der Waals surface area contributed by atoms with Crippen LogP contribution in [0.5, 0.6) is 5.75 Å². The molecule has 1 aromatic heterocycles. The van der Waals surface area contributed by atoms with Crippen molar-refractivity contribution in [1.82, 2.24) is 4.98 Å². The van der Waals surface area contributed by atoms with Crippen molar-refractivity contribution in [2.24, 2.45) is 0 Å². The Hall–Kier alpha value is -2.10. The average Bonchev–Trinajstić information content (AvgIpc) is 2.26. The zero-order valence-electron chi connectivity index (χ0n) is 9.02. The number of methoxy groups -OCH3 is 1. The molecule has 0 aliphatic heterocycles. The van der Waals surface area contributed by atoms with Crippen molar-refractivity contribution < 1.29 is 14.6 Å². The van der Waals surface area contributed by atoms with E-state index in [0.29, 0.717) is 22.3 Å². The van der Waals surface area contributed by atoms with E-state index < -0.39 is 5.97 Å². The van der Waals surface area contributed by atoms with Crippen LogP contribution in [0.2, 0.25) is 0 Å². The number of carbonyl (C=O) groups is 1. The molecule has 1 aromatic carbocycles. The van der Waals surface area contributed by atoms with E-state index in [9.17, 15) is 9.90 Å². The summed E-state index contributed by atoms with van der Waals surface area (Å²) in [7, 11) is 1.45. The topological polar surface area (TPSA) is 59.4 Å². The van der Waals surface area contributed by atoms with Crippen LogP contribution >= 0.6 is 0 Å². The van der Waals surface area contributed by atoms with Gasteiger partial charge in [0.05, 0.1) is 18.3 Å². The Bertz CT molecular complexity index is 563. The van der Waals surface area contributed by atoms with E-state index >= 15 is 0 Å². The van der Waals surface area contributed by atoms with E-state index in [1.54, 1.807) is 25.1 Å². The van der Waals surface area contributed by atoms with Gasteiger partial charge < -0.3 is 9.84 Å². The van der Waals surface area contributed by atoms with Gasteiger partial charge in [-0.2, -0.15) is 0 Å². The van der Waals surface area contributed by atoms with Gasteiger partial charge in [-0.25, -0.2) is 9.78 Å². The normalized spacial score (nSPS) is 10.4. The molecule has 0 amide bonds. The van der Waals surface area contributed by atoms with Crippen molar-refractivity contribution in [3.8, 4) is 5.75 Å². The first-order chi connectivity index (χ1) is 7.65. The average molecular weight is 217 g/mol. The number of aryl methyl sites for hydroxylation is 1. The van der Waals surface area contributed by atoms with Gasteiger partial charge in [0.25, 0.3) is 0 Å². The summed E-state index contributed by atoms with van der Waals surface area (Å²) in [5.74, 6) is -0.676. The van der Waals surface area contributed by atoms with Crippen LogP contribution in [-0.4, -0.2) is 23.2 Å². The van der Waals surface area contributed by atoms with Crippen molar-refractivity contribution in [3.05, 3.63) is 35.5 Å². The van der Waals surface area contributed by atoms with E-state index in [4.69, 9.17) is 4.74 Å². The molecule has 82 valence electrons. The molecule has 4 heteroatoms. The lowest BCUT2D eigenvalue weighted by Gasteiger charge is -2.10. The van der Waals surface area contributed by atoms with Crippen LogP contribution in [0, 0.1) is 6.92 Å². The lowest BCUT2D eigenvalue weighted by Crippen LogP contribution is -2.05. The van der Waals surface area contributed by atoms with Gasteiger partial charge >= 0.3 is 5.97 Å². The number of rotatable bonds is 2. The lowest BCUT2D eigenvalue weighted by atomic mass is 10.1. The number of aromatic nitrogens is 1. The number of hydrogen-bond donors (Lipinski definition) is 1. The Balaban J connectivity index is 2.93. The van der Waals surface area contributed by atoms with Crippen molar-refractivity contribution in [2.75, 3.05) is 7.11 Å². The third-order valence-corrected chi connectivity index (χ3v) is 2.44. The Morgan fingerprint density at radius 3 is 2.69 bits per heavy atom. The fourth-order valence-corrected chi connectivity index (χ4v) is 1.78. The Labute approximate surface area is 92.5 Å². The number of carboxylic acid groups (broad SMARTS) is 1. The van der Waals surface area contributed by atoms with Gasteiger partial charge in [0, 0.05) is 5.39 Å². The molecule has 0 bridgehead atoms. The van der Waals surface area contributed by atoms with Crippen LogP contribution in [0.25, 0.3) is 10.9 Å². The first-order valence-electron chi connectivity index (χ1n) is 4.81. The quantitative estimate of drug-likeness (QED) is 0.838. The molecule has 0 aliphatic rings. The van der Waals surface area contributed by atoms with E-state index in [1.807, 2.05) is 6.07 Å². The van der Waals surface area contributed by atoms with Crippen molar-refractivity contribution >= 4 is 16.9 Å². The third kappa shape index (κ3) is 1.48. The number of nitrogens with zero attached hydrogens (tertiary/aromatic N) is 1. The molecule has 0 fully saturated rings. The molecular formula is C12H11NO3. The minimum absolute atomic E-state index is 0.172. The van der Waals surface area contributed by atoms with E-state index in [2.05, 4.69) is 4.98 Å². The molecular weight excluding hydrogens is 206 g/mol. The Morgan fingerprint density at radius 1 is 1.38 bits per heavy atom. The van der Waals surface area contributed by atoms with Gasteiger partial charge in [0.15, 0.2) is 5.75 Å². The summed E-state index contributed by atoms with van der Waals surface area (Å²) in [6.07, 6.45) is 0. The predicted octanol–water partition coefficient (Wildman–Crippen LogP) is 2.25. The van der Waals surface area contributed by atoms with Gasteiger partial charge in [0.1, 0.15) is 5.56 Å². The molecule has 0 aliphatic carbocycles. The monoisotopic (exact) mass is 217 g/mol. The van der Waals surface area contributed by atoms with Crippen LogP contribution in [-0.2, 0) is 0 Å². The molecule has 0 saturated carbocycles. The molecule has 0 radical (unpaired) electrons. The molecule has 0 unspecified atom stereocenters. The highest BCUT2D eigenvalue weighted by Crippen LogP contribution is 2.29. The highest BCUT2D eigenvalue weighted by molar-refractivity contribution is 6.05. The first kappa shape index (κ1) is 10.4. The summed E-state index contributed by atoms with van der Waals surface area (Å²) in [6, 6.07) is 7.13. The predicted molar refractivity (Wildman–Crippen MR) is 60.0 cm³/mol. The SMILES string of the molecule is COc1c(C)nc2ccccc2c1C(=O)O. The largest absolute Gasteiger partial charge is 0.494 e. The molecule has 0 saturated heterocycles. The Morgan fingerprint density at radius 2 is 2.06 bits per heavy atom. The van der Waals surface area contributed by atoms with Crippen LogP contribution in [0.3, 0.4) is 0 Å². The number of aromatic carboxylic acids is 1. The number of benzene rings is 1. The fraction of sp³-hybridized carbons (Fsp3) is 0.167. The van der Waals surface area contributed by atoms with Crippen molar-refractivity contribution in [2.45, 2.75) is 6.92 Å². The smallest absolute Gasteiger partial charge is 0.340 e. The van der Waals surface area contributed by atoms with Crippen LogP contribution in [0.15, 0.2) is 24.3 Å². The fourth-order valence-electron chi connectivity index (χ4n) is 1.78. The molecule has 2 rings (SSSR count). The molecule has 4 nitrogen and oxygen atoms in total. The van der Waals surface area contributed by atoms with Crippen molar-refractivity contribution in [1.29, 1.82) is 0 Å². The molecule has 16 heavy (non-hydrogen) atoms. The molecule has 1 heterocycles. The minimum atomic E-state index is -1.00. The van der Waals surface area contributed by atoms with Crippen LogP contribution in [0.4, 0.5) is 0 Å². The summed E-state index contributed by atoms with van der Waals surface area (Å²) in [6.45, 7) is 1.73. The lowest BCUT2D eigenvalue weighted by molar-refractivity contribution is 0.0695. The minimum Gasteiger partial charge on any atom is -0.494 e. The second-order valence-corrected chi connectivity index (χ2v) is 3.43. The third-order valence-electron chi connectivity index (χ3n) is 2.44. The summed E-state index contributed by atoms with van der Waals surface area (Å²) >= 11 is 0. The van der Waals surface area contributed by atoms with Crippen LogP contribution in [0.1, 0.15) is 16.1 Å². The second kappa shape index (κ2) is 3.81. The van der Waals surface area contributed by atoms with Gasteiger partial charge in [0.2, 0.25) is 0 Å². The number of ether oxygens (including phenoxy) is 1. The summed E-state index contributed by atoms with van der Waals surface area (Å²) in [5, 5.41) is 9.81. The number of para-hydroxylation sites is 1.